The van der Waals surface area contributed by atoms with Gasteiger partial charge in [0.25, 0.3) is 17.1 Å². The van der Waals surface area contributed by atoms with Crippen molar-refractivity contribution in [2.24, 2.45) is 0 Å². The van der Waals surface area contributed by atoms with Crippen LogP contribution in [-0.4, -0.2) is 23.7 Å². The van der Waals surface area contributed by atoms with Crippen LogP contribution < -0.4 is 15.0 Å². The Morgan fingerprint density at radius 3 is 2.38 bits per heavy atom. The summed E-state index contributed by atoms with van der Waals surface area (Å²) >= 11 is 4.33. The summed E-state index contributed by atoms with van der Waals surface area (Å²) in [5, 5.41) is 2.42. The van der Waals surface area contributed by atoms with Gasteiger partial charge in [0.2, 0.25) is 0 Å². The summed E-state index contributed by atoms with van der Waals surface area (Å²) < 4.78 is 6.22. The molecule has 6 nitrogen and oxygen atoms in total. The molecule has 4 rings (SSSR count). The number of amides is 3. The van der Waals surface area contributed by atoms with E-state index < -0.39 is 0 Å². The Balaban J connectivity index is 1.42. The zero-order valence-electron chi connectivity index (χ0n) is 16.7. The van der Waals surface area contributed by atoms with E-state index in [0.717, 1.165) is 22.2 Å². The van der Waals surface area contributed by atoms with Crippen molar-refractivity contribution in [3.05, 3.63) is 93.8 Å². The third kappa shape index (κ3) is 5.09. The average Bonchev–Trinajstić information content (AvgIpc) is 3.07. The van der Waals surface area contributed by atoms with Gasteiger partial charge in [-0.2, -0.15) is 0 Å². The van der Waals surface area contributed by atoms with Gasteiger partial charge in [-0.15, -0.1) is 0 Å². The molecule has 1 aliphatic heterocycles. The normalized spacial score (nSPS) is 14.7. The lowest BCUT2D eigenvalue weighted by atomic mass is 10.2. The van der Waals surface area contributed by atoms with Gasteiger partial charge in [0.1, 0.15) is 5.75 Å². The van der Waals surface area contributed by atoms with Crippen LogP contribution in [0.25, 0.3) is 6.08 Å². The van der Waals surface area contributed by atoms with Crippen LogP contribution >= 0.6 is 27.7 Å². The molecule has 8 heteroatoms. The number of halogens is 1. The zero-order valence-corrected chi connectivity index (χ0v) is 19.1. The van der Waals surface area contributed by atoms with Gasteiger partial charge in [-0.05, 0) is 75.7 Å². The highest BCUT2D eigenvalue weighted by molar-refractivity contribution is 9.10. The standard InChI is InChI=1S/C24H17BrN2O4S/c25-19-13-16(11-12-20(19)31-15-22(28)26-17-7-3-1-4-8-17)14-21-23(29)27(24(30)32-21)18-9-5-2-6-10-18/h1-14H,15H2,(H,26,28)/b21-14+. The number of ether oxygens (including phenoxy) is 1. The van der Waals surface area contributed by atoms with Gasteiger partial charge in [0.05, 0.1) is 15.1 Å². The first-order valence-corrected chi connectivity index (χ1v) is 11.2. The number of carbonyl (C=O) groups is 3. The van der Waals surface area contributed by atoms with Crippen LogP contribution in [0, 0.1) is 0 Å². The van der Waals surface area contributed by atoms with Crippen LogP contribution in [0.2, 0.25) is 0 Å². The molecule has 1 saturated heterocycles. The van der Waals surface area contributed by atoms with Gasteiger partial charge in [0, 0.05) is 5.69 Å². The van der Waals surface area contributed by atoms with Gasteiger partial charge in [0.15, 0.2) is 6.61 Å². The van der Waals surface area contributed by atoms with Gasteiger partial charge in [-0.1, -0.05) is 42.5 Å². The average molecular weight is 509 g/mol. The molecule has 3 aromatic carbocycles. The molecule has 0 bridgehead atoms. The van der Waals surface area contributed by atoms with Crippen molar-refractivity contribution in [1.82, 2.24) is 0 Å². The molecule has 32 heavy (non-hydrogen) atoms. The number of hydrogen-bond acceptors (Lipinski definition) is 5. The van der Waals surface area contributed by atoms with Crippen LogP contribution in [0.3, 0.4) is 0 Å². The van der Waals surface area contributed by atoms with E-state index in [1.807, 2.05) is 24.3 Å². The monoisotopic (exact) mass is 508 g/mol. The minimum absolute atomic E-state index is 0.150. The van der Waals surface area contributed by atoms with Crippen LogP contribution in [0.4, 0.5) is 16.2 Å². The number of para-hydroxylation sites is 2. The minimum Gasteiger partial charge on any atom is -0.483 e. The molecule has 0 aliphatic carbocycles. The van der Waals surface area contributed by atoms with Crippen LogP contribution in [0.5, 0.6) is 5.75 Å². The van der Waals surface area contributed by atoms with E-state index in [1.165, 1.54) is 0 Å². The first-order valence-electron chi connectivity index (χ1n) is 9.61. The number of nitrogens with zero attached hydrogens (tertiary/aromatic N) is 1. The molecule has 0 atom stereocenters. The molecule has 3 amide bonds. The molecule has 0 saturated carbocycles. The fraction of sp³-hybridized carbons (Fsp3) is 0.0417. The summed E-state index contributed by atoms with van der Waals surface area (Å²) in [6, 6.07) is 23.2. The second kappa shape index (κ2) is 9.84. The predicted octanol–water partition coefficient (Wildman–Crippen LogP) is 5.71. The van der Waals surface area contributed by atoms with Crippen molar-refractivity contribution in [2.45, 2.75) is 0 Å². The lowest BCUT2D eigenvalue weighted by Gasteiger charge is -2.11. The summed E-state index contributed by atoms with van der Waals surface area (Å²) in [5.74, 6) is -0.148. The van der Waals surface area contributed by atoms with Crippen LogP contribution in [0.1, 0.15) is 5.56 Å². The highest BCUT2D eigenvalue weighted by Gasteiger charge is 2.36. The second-order valence-corrected chi connectivity index (χ2v) is 8.59. The number of imide groups is 1. The third-order valence-electron chi connectivity index (χ3n) is 4.48. The molecule has 0 spiro atoms. The number of nitrogens with one attached hydrogen (secondary N) is 1. The fourth-order valence-corrected chi connectivity index (χ4v) is 4.36. The second-order valence-electron chi connectivity index (χ2n) is 6.75. The number of carbonyl (C=O) groups excluding carboxylic acids is 3. The molecule has 160 valence electrons. The van der Waals surface area contributed by atoms with Crippen LogP contribution in [0.15, 0.2) is 88.2 Å². The Kier molecular flexibility index (Phi) is 6.72. The predicted molar refractivity (Wildman–Crippen MR) is 130 cm³/mol. The first kappa shape index (κ1) is 21.9. The molecular formula is C24H17BrN2O4S. The highest BCUT2D eigenvalue weighted by Crippen LogP contribution is 2.36. The molecule has 1 N–H and O–H groups in total. The van der Waals surface area contributed by atoms with E-state index >= 15 is 0 Å². The maximum atomic E-state index is 12.7. The topological polar surface area (TPSA) is 75.7 Å². The molecule has 1 fully saturated rings. The van der Waals surface area contributed by atoms with Gasteiger partial charge >= 0.3 is 0 Å². The molecule has 0 radical (unpaired) electrons. The lowest BCUT2D eigenvalue weighted by molar-refractivity contribution is -0.118. The Bertz CT molecular complexity index is 1200. The highest BCUT2D eigenvalue weighted by atomic mass is 79.9. The van der Waals surface area contributed by atoms with Crippen molar-refractivity contribution in [2.75, 3.05) is 16.8 Å². The van der Waals surface area contributed by atoms with E-state index in [9.17, 15) is 14.4 Å². The summed E-state index contributed by atoms with van der Waals surface area (Å²) in [4.78, 5) is 38.6. The maximum absolute atomic E-state index is 12.7. The van der Waals surface area contributed by atoms with Crippen LogP contribution in [-0.2, 0) is 9.59 Å². The quantitative estimate of drug-likeness (QED) is 0.431. The SMILES string of the molecule is O=C(COc1ccc(/C=C2/SC(=O)N(c3ccccc3)C2=O)cc1Br)Nc1ccccc1. The van der Waals surface area contributed by atoms with E-state index in [-0.39, 0.29) is 23.7 Å². The zero-order chi connectivity index (χ0) is 22.5. The van der Waals surface area contributed by atoms with Crippen molar-refractivity contribution in [3.8, 4) is 5.75 Å². The fourth-order valence-electron chi connectivity index (χ4n) is 3.00. The van der Waals surface area contributed by atoms with Gasteiger partial charge in [-0.3, -0.25) is 14.4 Å². The molecule has 0 aromatic heterocycles. The Morgan fingerprint density at radius 2 is 1.69 bits per heavy atom. The van der Waals surface area contributed by atoms with Crippen molar-refractivity contribution < 1.29 is 19.1 Å². The van der Waals surface area contributed by atoms with Gasteiger partial charge in [-0.25, -0.2) is 4.90 Å². The van der Waals surface area contributed by atoms with E-state index in [4.69, 9.17) is 4.74 Å². The Morgan fingerprint density at radius 1 is 1.00 bits per heavy atom. The Labute approximate surface area is 197 Å². The summed E-state index contributed by atoms with van der Waals surface area (Å²) in [6.07, 6.45) is 1.66. The summed E-state index contributed by atoms with van der Waals surface area (Å²) in [5.41, 5.74) is 1.95. The molecular weight excluding hydrogens is 492 g/mol. The number of thioether (sulfide) groups is 1. The largest absolute Gasteiger partial charge is 0.483 e. The van der Waals surface area contributed by atoms with E-state index in [0.29, 0.717) is 26.5 Å². The summed E-state index contributed by atoms with van der Waals surface area (Å²) in [7, 11) is 0. The first-order chi connectivity index (χ1) is 15.5. The summed E-state index contributed by atoms with van der Waals surface area (Å²) in [6.45, 7) is -0.150. The number of benzene rings is 3. The molecule has 0 unspecified atom stereocenters. The van der Waals surface area contributed by atoms with E-state index in [1.54, 1.807) is 60.7 Å². The number of hydrogen-bond donors (Lipinski definition) is 1. The van der Waals surface area contributed by atoms with Crippen molar-refractivity contribution >= 4 is 62.2 Å². The smallest absolute Gasteiger partial charge is 0.298 e. The lowest BCUT2D eigenvalue weighted by Crippen LogP contribution is -2.27. The van der Waals surface area contributed by atoms with Crippen molar-refractivity contribution in [3.63, 3.8) is 0 Å². The molecule has 1 heterocycles. The molecule has 1 aliphatic rings. The van der Waals surface area contributed by atoms with Crippen molar-refractivity contribution in [1.29, 1.82) is 0 Å². The number of anilines is 2. The van der Waals surface area contributed by atoms with Gasteiger partial charge < -0.3 is 10.1 Å². The maximum Gasteiger partial charge on any atom is 0.298 e. The Hall–Kier alpha value is -3.36. The molecule has 3 aromatic rings. The van der Waals surface area contributed by atoms with E-state index in [2.05, 4.69) is 21.2 Å². The minimum atomic E-state index is -0.361. The third-order valence-corrected chi connectivity index (χ3v) is 5.97. The number of rotatable bonds is 6.